The minimum absolute atomic E-state index is 0.386. The van der Waals surface area contributed by atoms with Gasteiger partial charge in [0.05, 0.1) is 7.11 Å². The molecule has 0 bridgehead atoms. The van der Waals surface area contributed by atoms with Crippen molar-refractivity contribution in [2.75, 3.05) is 32.2 Å². The molecule has 1 heterocycles. The number of ether oxygens (including phenoxy) is 2. The zero-order chi connectivity index (χ0) is 13.4. The van der Waals surface area contributed by atoms with Crippen LogP contribution in [0, 0.1) is 6.92 Å². The van der Waals surface area contributed by atoms with Crippen molar-refractivity contribution in [3.8, 4) is 0 Å². The third-order valence-corrected chi connectivity index (χ3v) is 3.19. The Kier molecular flexibility index (Phi) is 6.67. The van der Waals surface area contributed by atoms with E-state index >= 15 is 0 Å². The van der Waals surface area contributed by atoms with Crippen molar-refractivity contribution in [2.24, 2.45) is 0 Å². The number of thiazole rings is 1. The Labute approximate surface area is 112 Å². The first-order chi connectivity index (χ1) is 8.69. The van der Waals surface area contributed by atoms with Crippen LogP contribution in [0.2, 0.25) is 0 Å². The van der Waals surface area contributed by atoms with Crippen LogP contribution in [0.4, 0.5) is 5.13 Å². The molecule has 1 aromatic rings. The highest BCUT2D eigenvalue weighted by molar-refractivity contribution is 7.15. The molecule has 6 heteroatoms. The summed E-state index contributed by atoms with van der Waals surface area (Å²) in [5.41, 5.74) is 0.396. The summed E-state index contributed by atoms with van der Waals surface area (Å²) in [5, 5.41) is 3.93. The van der Waals surface area contributed by atoms with Gasteiger partial charge in [0, 0.05) is 24.6 Å². The lowest BCUT2D eigenvalue weighted by atomic mass is 10.4. The molecule has 0 aromatic carbocycles. The molecule has 0 radical (unpaired) electrons. The van der Waals surface area contributed by atoms with Crippen LogP contribution in [0.15, 0.2) is 0 Å². The van der Waals surface area contributed by atoms with Crippen molar-refractivity contribution in [3.63, 3.8) is 0 Å². The number of aryl methyl sites for hydroxylation is 1. The van der Waals surface area contributed by atoms with E-state index in [0.717, 1.165) is 42.6 Å². The van der Waals surface area contributed by atoms with Crippen molar-refractivity contribution in [1.29, 1.82) is 0 Å². The number of methoxy groups -OCH3 is 1. The first-order valence-electron chi connectivity index (χ1n) is 6.06. The Morgan fingerprint density at radius 1 is 1.44 bits per heavy atom. The van der Waals surface area contributed by atoms with E-state index < -0.39 is 0 Å². The molecule has 1 aromatic heterocycles. The summed E-state index contributed by atoms with van der Waals surface area (Å²) in [6, 6.07) is 0. The topological polar surface area (TPSA) is 60.5 Å². The molecule has 0 unspecified atom stereocenters. The fourth-order valence-corrected chi connectivity index (χ4v) is 2.20. The molecule has 0 amide bonds. The second kappa shape index (κ2) is 8.05. The van der Waals surface area contributed by atoms with Crippen molar-refractivity contribution >= 4 is 22.4 Å². The third-order valence-electron chi connectivity index (χ3n) is 2.27. The fraction of sp³-hybridized carbons (Fsp3) is 0.667. The van der Waals surface area contributed by atoms with E-state index in [9.17, 15) is 4.79 Å². The van der Waals surface area contributed by atoms with E-state index in [4.69, 9.17) is 4.74 Å². The van der Waals surface area contributed by atoms with Gasteiger partial charge in [0.2, 0.25) is 0 Å². The van der Waals surface area contributed by atoms with Crippen LogP contribution in [0.3, 0.4) is 0 Å². The molecule has 5 nitrogen and oxygen atoms in total. The molecule has 0 atom stereocenters. The van der Waals surface area contributed by atoms with Crippen LogP contribution in [0.1, 0.15) is 35.1 Å². The normalized spacial score (nSPS) is 10.4. The average molecular weight is 272 g/mol. The van der Waals surface area contributed by atoms with Crippen molar-refractivity contribution < 1.29 is 14.3 Å². The molecule has 0 saturated carbocycles. The Balaban J connectivity index is 2.33. The zero-order valence-electron chi connectivity index (χ0n) is 11.1. The van der Waals surface area contributed by atoms with Gasteiger partial charge in [-0.3, -0.25) is 0 Å². The predicted octanol–water partition coefficient (Wildman–Crippen LogP) is 2.47. The largest absolute Gasteiger partial charge is 0.464 e. The van der Waals surface area contributed by atoms with Gasteiger partial charge in [-0.15, -0.1) is 11.3 Å². The monoisotopic (exact) mass is 272 g/mol. The van der Waals surface area contributed by atoms with E-state index in [2.05, 4.69) is 22.0 Å². The van der Waals surface area contributed by atoms with Crippen molar-refractivity contribution in [2.45, 2.75) is 26.7 Å². The maximum Gasteiger partial charge on any atom is 0.357 e. The average Bonchev–Trinajstić information content (AvgIpc) is 2.74. The molecule has 0 fully saturated rings. The minimum atomic E-state index is -0.386. The van der Waals surface area contributed by atoms with Crippen molar-refractivity contribution in [1.82, 2.24) is 4.98 Å². The first kappa shape index (κ1) is 14.9. The number of nitrogens with one attached hydrogen (secondary N) is 1. The number of carbonyl (C=O) groups excluding carboxylic acids is 1. The van der Waals surface area contributed by atoms with Gasteiger partial charge >= 0.3 is 5.97 Å². The van der Waals surface area contributed by atoms with E-state index in [1.807, 2.05) is 6.92 Å². The quantitative estimate of drug-likeness (QED) is 0.582. The van der Waals surface area contributed by atoms with Gasteiger partial charge in [0.1, 0.15) is 0 Å². The molecular formula is C12H20N2O3S. The van der Waals surface area contributed by atoms with Crippen LogP contribution in [0.25, 0.3) is 0 Å². The maximum atomic E-state index is 11.4. The van der Waals surface area contributed by atoms with E-state index in [1.54, 1.807) is 0 Å². The summed E-state index contributed by atoms with van der Waals surface area (Å²) >= 11 is 1.46. The number of hydrogen-bond acceptors (Lipinski definition) is 6. The van der Waals surface area contributed by atoms with E-state index in [-0.39, 0.29) is 5.97 Å². The highest BCUT2D eigenvalue weighted by Gasteiger charge is 2.15. The SMILES string of the molecule is CCCOCCCNc1nc(C(=O)OC)c(C)s1. The molecule has 0 aliphatic carbocycles. The first-order valence-corrected chi connectivity index (χ1v) is 6.88. The number of esters is 1. The summed E-state index contributed by atoms with van der Waals surface area (Å²) in [6.45, 7) is 6.29. The second-order valence-corrected chi connectivity index (χ2v) is 5.01. The number of carbonyl (C=O) groups is 1. The summed E-state index contributed by atoms with van der Waals surface area (Å²) in [7, 11) is 1.36. The smallest absolute Gasteiger partial charge is 0.357 e. The number of rotatable bonds is 8. The van der Waals surface area contributed by atoms with Crippen molar-refractivity contribution in [3.05, 3.63) is 10.6 Å². The van der Waals surface area contributed by atoms with Gasteiger partial charge in [0.15, 0.2) is 10.8 Å². The van der Waals surface area contributed by atoms with Crippen LogP contribution in [-0.2, 0) is 9.47 Å². The fourth-order valence-electron chi connectivity index (χ4n) is 1.37. The van der Waals surface area contributed by atoms with E-state index in [1.165, 1.54) is 18.4 Å². The molecule has 18 heavy (non-hydrogen) atoms. The van der Waals surface area contributed by atoms with Gasteiger partial charge in [-0.2, -0.15) is 0 Å². The minimum Gasteiger partial charge on any atom is -0.464 e. The predicted molar refractivity (Wildman–Crippen MR) is 72.4 cm³/mol. The highest BCUT2D eigenvalue weighted by atomic mass is 32.1. The van der Waals surface area contributed by atoms with Crippen LogP contribution in [-0.4, -0.2) is 37.8 Å². The molecule has 0 saturated heterocycles. The number of hydrogen-bond donors (Lipinski definition) is 1. The van der Waals surface area contributed by atoms with Crippen LogP contribution in [0.5, 0.6) is 0 Å². The van der Waals surface area contributed by atoms with Crippen LogP contribution < -0.4 is 5.32 Å². The summed E-state index contributed by atoms with van der Waals surface area (Å²) in [6.07, 6.45) is 1.97. The molecule has 0 aliphatic heterocycles. The Morgan fingerprint density at radius 3 is 2.89 bits per heavy atom. The molecule has 0 spiro atoms. The van der Waals surface area contributed by atoms with Gasteiger partial charge < -0.3 is 14.8 Å². The molecule has 1 N–H and O–H groups in total. The Morgan fingerprint density at radius 2 is 2.22 bits per heavy atom. The standard InChI is InChI=1S/C12H20N2O3S/c1-4-7-17-8-5-6-13-12-14-10(9(2)18-12)11(15)16-3/h4-8H2,1-3H3,(H,13,14). The number of anilines is 1. The molecule has 102 valence electrons. The second-order valence-electron chi connectivity index (χ2n) is 3.81. The number of aromatic nitrogens is 1. The summed E-state index contributed by atoms with van der Waals surface area (Å²) in [4.78, 5) is 16.4. The zero-order valence-corrected chi connectivity index (χ0v) is 11.9. The van der Waals surface area contributed by atoms with E-state index in [0.29, 0.717) is 5.69 Å². The lowest BCUT2D eigenvalue weighted by Crippen LogP contribution is -2.07. The third kappa shape index (κ3) is 4.62. The van der Waals surface area contributed by atoms with Gasteiger partial charge in [-0.05, 0) is 19.8 Å². The van der Waals surface area contributed by atoms with Gasteiger partial charge in [-0.25, -0.2) is 9.78 Å². The lowest BCUT2D eigenvalue weighted by Gasteiger charge is -2.03. The lowest BCUT2D eigenvalue weighted by molar-refractivity contribution is 0.0594. The Bertz CT molecular complexity index is 379. The Hall–Kier alpha value is -1.14. The highest BCUT2D eigenvalue weighted by Crippen LogP contribution is 2.22. The maximum absolute atomic E-state index is 11.4. The molecule has 1 rings (SSSR count). The molecule has 0 aliphatic rings. The van der Waals surface area contributed by atoms with Gasteiger partial charge in [-0.1, -0.05) is 6.92 Å². The molecular weight excluding hydrogens is 252 g/mol. The summed E-state index contributed by atoms with van der Waals surface area (Å²) < 4.78 is 10.0. The van der Waals surface area contributed by atoms with Gasteiger partial charge in [0.25, 0.3) is 0 Å². The number of nitrogens with zero attached hydrogens (tertiary/aromatic N) is 1. The van der Waals surface area contributed by atoms with Crippen LogP contribution >= 0.6 is 11.3 Å². The summed E-state index contributed by atoms with van der Waals surface area (Å²) in [5.74, 6) is -0.386.